The molecule has 3 atom stereocenters. The summed E-state index contributed by atoms with van der Waals surface area (Å²) in [6.07, 6.45) is 8.26. The third kappa shape index (κ3) is 3.46. The van der Waals surface area contributed by atoms with E-state index >= 15 is 0 Å². The van der Waals surface area contributed by atoms with E-state index in [1.54, 1.807) is 24.0 Å². The highest BCUT2D eigenvalue weighted by atomic mass is 16.2. The summed E-state index contributed by atoms with van der Waals surface area (Å²) in [4.78, 5) is 20.3. The molecule has 3 unspecified atom stereocenters. The molecule has 6 heteroatoms. The summed E-state index contributed by atoms with van der Waals surface area (Å²) in [5.41, 5.74) is 1.58. The molecule has 3 rings (SSSR count). The zero-order chi connectivity index (χ0) is 16.4. The van der Waals surface area contributed by atoms with E-state index < -0.39 is 0 Å². The average molecular weight is 315 g/mol. The topological polar surface area (TPSA) is 75.6 Å². The zero-order valence-electron chi connectivity index (χ0n) is 14.0. The summed E-state index contributed by atoms with van der Waals surface area (Å²) in [7, 11) is 1.78. The molecular weight excluding hydrogens is 290 g/mol. The van der Waals surface area contributed by atoms with Crippen molar-refractivity contribution in [2.24, 2.45) is 18.9 Å². The van der Waals surface area contributed by atoms with Gasteiger partial charge in [0.25, 0.3) is 5.91 Å². The fourth-order valence-electron chi connectivity index (χ4n) is 3.64. The molecule has 0 aromatic carbocycles. The van der Waals surface area contributed by atoms with E-state index in [2.05, 4.69) is 27.3 Å². The molecule has 2 heterocycles. The molecule has 2 aromatic heterocycles. The monoisotopic (exact) mass is 315 g/mol. The number of aromatic nitrogens is 4. The van der Waals surface area contributed by atoms with Crippen LogP contribution in [0.5, 0.6) is 0 Å². The van der Waals surface area contributed by atoms with Crippen LogP contribution in [0.4, 0.5) is 0 Å². The Morgan fingerprint density at radius 3 is 2.91 bits per heavy atom. The van der Waals surface area contributed by atoms with Crippen molar-refractivity contribution in [2.75, 3.05) is 0 Å². The summed E-state index contributed by atoms with van der Waals surface area (Å²) in [5, 5.41) is 7.29. The fraction of sp³-hybridized carbons (Fsp3) is 0.588. The van der Waals surface area contributed by atoms with Crippen molar-refractivity contribution in [1.82, 2.24) is 25.1 Å². The van der Waals surface area contributed by atoms with Crippen LogP contribution in [0.25, 0.3) is 0 Å². The number of H-pyrrole nitrogens is 1. The second kappa shape index (κ2) is 6.56. The second-order valence-corrected chi connectivity index (χ2v) is 6.75. The molecule has 0 saturated heterocycles. The minimum Gasteiger partial charge on any atom is -0.344 e. The first-order chi connectivity index (χ1) is 11.0. The van der Waals surface area contributed by atoms with E-state index in [1.165, 1.54) is 12.8 Å². The summed E-state index contributed by atoms with van der Waals surface area (Å²) in [6, 6.07) is 1.72. The van der Waals surface area contributed by atoms with Gasteiger partial charge >= 0.3 is 0 Å². The summed E-state index contributed by atoms with van der Waals surface area (Å²) >= 11 is 0. The van der Waals surface area contributed by atoms with Crippen LogP contribution in [0.1, 0.15) is 60.7 Å². The van der Waals surface area contributed by atoms with Crippen molar-refractivity contribution in [3.8, 4) is 0 Å². The molecule has 2 N–H and O–H groups in total. The van der Waals surface area contributed by atoms with Gasteiger partial charge in [-0.1, -0.05) is 19.8 Å². The maximum atomic E-state index is 12.6. The predicted molar refractivity (Wildman–Crippen MR) is 87.9 cm³/mol. The molecule has 6 nitrogen and oxygen atoms in total. The normalized spacial score (nSPS) is 22.7. The Hall–Kier alpha value is -2.11. The minimum absolute atomic E-state index is 0.0265. The number of imidazole rings is 1. The number of hydrogen-bond acceptors (Lipinski definition) is 3. The minimum atomic E-state index is -0.0829. The molecule has 1 aliphatic rings. The van der Waals surface area contributed by atoms with Crippen molar-refractivity contribution in [3.63, 3.8) is 0 Å². The van der Waals surface area contributed by atoms with Gasteiger partial charge < -0.3 is 10.3 Å². The summed E-state index contributed by atoms with van der Waals surface area (Å²) < 4.78 is 1.61. The number of carbonyl (C=O) groups is 1. The lowest BCUT2D eigenvalue weighted by Gasteiger charge is -2.33. The van der Waals surface area contributed by atoms with Gasteiger partial charge in [-0.3, -0.25) is 9.48 Å². The fourth-order valence-corrected chi connectivity index (χ4v) is 3.64. The van der Waals surface area contributed by atoms with Gasteiger partial charge in [0.1, 0.15) is 11.5 Å². The van der Waals surface area contributed by atoms with Crippen LogP contribution < -0.4 is 5.32 Å². The highest BCUT2D eigenvalue weighted by Crippen LogP contribution is 2.36. The van der Waals surface area contributed by atoms with E-state index in [1.807, 2.05) is 13.1 Å². The molecule has 0 spiro atoms. The Balaban J connectivity index is 1.83. The largest absolute Gasteiger partial charge is 0.344 e. The van der Waals surface area contributed by atoms with Crippen molar-refractivity contribution in [2.45, 2.75) is 45.6 Å². The van der Waals surface area contributed by atoms with Crippen LogP contribution in [-0.2, 0) is 7.05 Å². The number of carbonyl (C=O) groups excluding carboxylic acids is 1. The number of rotatable bonds is 4. The molecule has 1 amide bonds. The molecule has 1 fully saturated rings. The molecule has 1 saturated carbocycles. The molecule has 0 radical (unpaired) electrons. The predicted octanol–water partition coefficient (Wildman–Crippen LogP) is 2.75. The Morgan fingerprint density at radius 1 is 1.48 bits per heavy atom. The first-order valence-electron chi connectivity index (χ1n) is 8.35. The number of hydrogen-bond donors (Lipinski definition) is 2. The molecule has 1 aliphatic carbocycles. The number of aromatic amines is 1. The number of nitrogens with zero attached hydrogens (tertiary/aromatic N) is 3. The maximum Gasteiger partial charge on any atom is 0.270 e. The van der Waals surface area contributed by atoms with Crippen LogP contribution in [0.15, 0.2) is 18.5 Å². The lowest BCUT2D eigenvalue weighted by Crippen LogP contribution is -2.36. The van der Waals surface area contributed by atoms with Gasteiger partial charge in [0.15, 0.2) is 0 Å². The maximum absolute atomic E-state index is 12.6. The van der Waals surface area contributed by atoms with Crippen molar-refractivity contribution < 1.29 is 4.79 Å². The first kappa shape index (κ1) is 15.8. The number of aryl methyl sites for hydroxylation is 2. The standard InChI is InChI=1S/C17H25N5O/c1-11-5-4-6-13(9-11)16(14-10-18-12(2)20-14)21-17(23)15-7-8-19-22(15)3/h7-8,10-11,13,16H,4-6,9H2,1-3H3,(H,18,20)(H,21,23). The number of nitrogens with one attached hydrogen (secondary N) is 2. The molecule has 0 bridgehead atoms. The lowest BCUT2D eigenvalue weighted by atomic mass is 9.78. The highest BCUT2D eigenvalue weighted by Gasteiger charge is 2.30. The van der Waals surface area contributed by atoms with Crippen LogP contribution in [0, 0.1) is 18.8 Å². The van der Waals surface area contributed by atoms with Crippen molar-refractivity contribution in [3.05, 3.63) is 35.7 Å². The first-order valence-corrected chi connectivity index (χ1v) is 8.35. The summed E-state index contributed by atoms with van der Waals surface area (Å²) in [5.74, 6) is 1.94. The van der Waals surface area contributed by atoms with Gasteiger partial charge in [-0.15, -0.1) is 0 Å². The smallest absolute Gasteiger partial charge is 0.270 e. The Morgan fingerprint density at radius 2 is 2.30 bits per heavy atom. The van der Waals surface area contributed by atoms with Crippen LogP contribution in [-0.4, -0.2) is 25.7 Å². The third-order valence-corrected chi connectivity index (χ3v) is 4.85. The van der Waals surface area contributed by atoms with Gasteiger partial charge in [0.2, 0.25) is 0 Å². The van der Waals surface area contributed by atoms with Gasteiger partial charge in [-0.25, -0.2) is 4.98 Å². The van der Waals surface area contributed by atoms with Crippen molar-refractivity contribution >= 4 is 5.91 Å². The van der Waals surface area contributed by atoms with E-state index in [-0.39, 0.29) is 11.9 Å². The second-order valence-electron chi connectivity index (χ2n) is 6.75. The SMILES string of the molecule is Cc1ncc(C(NC(=O)c2ccnn2C)C2CCCC(C)C2)[nH]1. The Kier molecular flexibility index (Phi) is 4.50. The van der Waals surface area contributed by atoms with Crippen LogP contribution >= 0.6 is 0 Å². The van der Waals surface area contributed by atoms with Gasteiger partial charge in [0.05, 0.1) is 17.9 Å². The highest BCUT2D eigenvalue weighted by molar-refractivity contribution is 5.92. The molecule has 124 valence electrons. The van der Waals surface area contributed by atoms with E-state index in [9.17, 15) is 4.79 Å². The third-order valence-electron chi connectivity index (χ3n) is 4.85. The average Bonchev–Trinajstić information content (AvgIpc) is 3.13. The Bertz CT molecular complexity index is 674. The van der Waals surface area contributed by atoms with E-state index in [0.717, 1.165) is 24.4 Å². The lowest BCUT2D eigenvalue weighted by molar-refractivity contribution is 0.0894. The quantitative estimate of drug-likeness (QED) is 0.911. The van der Waals surface area contributed by atoms with Gasteiger partial charge in [0, 0.05) is 13.2 Å². The van der Waals surface area contributed by atoms with Crippen LogP contribution in [0.3, 0.4) is 0 Å². The zero-order valence-corrected chi connectivity index (χ0v) is 14.0. The van der Waals surface area contributed by atoms with Gasteiger partial charge in [-0.05, 0) is 37.7 Å². The number of amides is 1. The van der Waals surface area contributed by atoms with E-state index in [4.69, 9.17) is 0 Å². The molecule has 0 aliphatic heterocycles. The molecule has 23 heavy (non-hydrogen) atoms. The van der Waals surface area contributed by atoms with Crippen LogP contribution in [0.2, 0.25) is 0 Å². The molecule has 2 aromatic rings. The van der Waals surface area contributed by atoms with Crippen molar-refractivity contribution in [1.29, 1.82) is 0 Å². The molecular formula is C17H25N5O. The van der Waals surface area contributed by atoms with E-state index in [0.29, 0.717) is 17.5 Å². The summed E-state index contributed by atoms with van der Waals surface area (Å²) in [6.45, 7) is 4.23. The Labute approximate surface area is 136 Å². The van der Waals surface area contributed by atoms with Gasteiger partial charge in [-0.2, -0.15) is 5.10 Å².